The van der Waals surface area contributed by atoms with Gasteiger partial charge in [0.05, 0.1) is 5.92 Å². The van der Waals surface area contributed by atoms with Gasteiger partial charge in [-0.3, -0.25) is 4.79 Å². The van der Waals surface area contributed by atoms with Gasteiger partial charge in [0.1, 0.15) is 5.82 Å². The Hall–Kier alpha value is -1.36. The second-order valence-electron chi connectivity index (χ2n) is 5.05. The molecule has 1 aliphatic rings. The minimum Gasteiger partial charge on any atom is -0.481 e. The Kier molecular flexibility index (Phi) is 4.36. The van der Waals surface area contributed by atoms with Gasteiger partial charge in [0.25, 0.3) is 0 Å². The molecule has 0 bridgehead atoms. The number of nitrogens with one attached hydrogen (secondary N) is 1. The zero-order valence-electron chi connectivity index (χ0n) is 10.8. The fourth-order valence-electron chi connectivity index (χ4n) is 2.57. The Bertz CT molecular complexity index is 395. The van der Waals surface area contributed by atoms with E-state index < -0.39 is 5.97 Å². The molecule has 1 aromatic heterocycles. The molecule has 100 valence electrons. The average Bonchev–Trinajstić information content (AvgIpc) is 2.76. The summed E-state index contributed by atoms with van der Waals surface area (Å²) in [6.07, 6.45) is 8.23. The number of imidazole rings is 1. The number of carboxylic acid groups (broad SMARTS) is 1. The first-order valence-electron chi connectivity index (χ1n) is 6.59. The highest BCUT2D eigenvalue weighted by molar-refractivity contribution is 5.70. The fraction of sp³-hybridized carbons (Fsp3) is 0.692. The number of hydrogen-bond acceptors (Lipinski definition) is 3. The molecule has 0 radical (unpaired) electrons. The molecule has 0 saturated heterocycles. The van der Waals surface area contributed by atoms with Gasteiger partial charge in [-0.05, 0) is 25.7 Å². The first-order chi connectivity index (χ1) is 8.66. The maximum absolute atomic E-state index is 10.8. The zero-order chi connectivity index (χ0) is 13.0. The normalized spacial score (nSPS) is 24.1. The van der Waals surface area contributed by atoms with Gasteiger partial charge < -0.3 is 15.0 Å². The molecule has 2 N–H and O–H groups in total. The van der Waals surface area contributed by atoms with E-state index in [1.807, 2.05) is 24.0 Å². The van der Waals surface area contributed by atoms with Gasteiger partial charge in [-0.15, -0.1) is 0 Å². The van der Waals surface area contributed by atoms with Crippen LogP contribution in [0.15, 0.2) is 12.4 Å². The van der Waals surface area contributed by atoms with Gasteiger partial charge in [0, 0.05) is 38.4 Å². The molecule has 1 fully saturated rings. The Morgan fingerprint density at radius 1 is 1.50 bits per heavy atom. The van der Waals surface area contributed by atoms with Crippen molar-refractivity contribution in [3.63, 3.8) is 0 Å². The molecule has 0 amide bonds. The van der Waals surface area contributed by atoms with E-state index in [0.717, 1.165) is 44.5 Å². The highest BCUT2D eigenvalue weighted by atomic mass is 16.4. The van der Waals surface area contributed by atoms with E-state index >= 15 is 0 Å². The Morgan fingerprint density at radius 3 is 2.78 bits per heavy atom. The number of aryl methyl sites for hydroxylation is 1. The van der Waals surface area contributed by atoms with Crippen molar-refractivity contribution in [2.75, 3.05) is 6.54 Å². The zero-order valence-corrected chi connectivity index (χ0v) is 10.8. The summed E-state index contributed by atoms with van der Waals surface area (Å²) < 4.78 is 2.03. The summed E-state index contributed by atoms with van der Waals surface area (Å²) in [6, 6.07) is 0.473. The second-order valence-corrected chi connectivity index (χ2v) is 5.05. The van der Waals surface area contributed by atoms with Crippen LogP contribution in [0.3, 0.4) is 0 Å². The number of nitrogens with zero attached hydrogens (tertiary/aromatic N) is 2. The molecule has 5 heteroatoms. The van der Waals surface area contributed by atoms with Gasteiger partial charge in [0.15, 0.2) is 0 Å². The van der Waals surface area contributed by atoms with Crippen LogP contribution in [0.5, 0.6) is 0 Å². The average molecular weight is 251 g/mol. The molecule has 0 atom stereocenters. The number of carboxylic acids is 1. The molecule has 0 unspecified atom stereocenters. The highest BCUT2D eigenvalue weighted by Crippen LogP contribution is 2.24. The van der Waals surface area contributed by atoms with Gasteiger partial charge >= 0.3 is 5.97 Å². The minimum absolute atomic E-state index is 0.127. The first kappa shape index (κ1) is 13.1. The Labute approximate surface area is 107 Å². The van der Waals surface area contributed by atoms with Crippen molar-refractivity contribution < 1.29 is 9.90 Å². The molecule has 2 rings (SSSR count). The standard InChI is InChI=1S/C13H21N3O2/c1-16-9-8-15-12(16)6-7-14-11-4-2-10(3-5-11)13(17)18/h8-11,14H,2-7H2,1H3,(H,17,18). The maximum atomic E-state index is 10.8. The lowest BCUT2D eigenvalue weighted by Gasteiger charge is -2.26. The number of hydrogen-bond donors (Lipinski definition) is 2. The highest BCUT2D eigenvalue weighted by Gasteiger charge is 2.25. The molecule has 5 nitrogen and oxygen atoms in total. The number of aliphatic carboxylic acids is 1. The van der Waals surface area contributed by atoms with Crippen LogP contribution in [0.4, 0.5) is 0 Å². The first-order valence-corrected chi connectivity index (χ1v) is 6.59. The van der Waals surface area contributed by atoms with E-state index in [-0.39, 0.29) is 5.92 Å². The molecular weight excluding hydrogens is 230 g/mol. The predicted molar refractivity (Wildman–Crippen MR) is 68.3 cm³/mol. The molecule has 1 aliphatic carbocycles. The van der Waals surface area contributed by atoms with E-state index in [2.05, 4.69) is 10.3 Å². The second kappa shape index (κ2) is 6.00. The third-order valence-corrected chi connectivity index (χ3v) is 3.78. The monoisotopic (exact) mass is 251 g/mol. The molecule has 0 aliphatic heterocycles. The van der Waals surface area contributed by atoms with E-state index in [1.165, 1.54) is 0 Å². The van der Waals surface area contributed by atoms with Crippen LogP contribution in [0.2, 0.25) is 0 Å². The molecule has 0 aromatic carbocycles. The summed E-state index contributed by atoms with van der Waals surface area (Å²) in [7, 11) is 2.00. The Balaban J connectivity index is 1.67. The van der Waals surface area contributed by atoms with Gasteiger partial charge in [-0.1, -0.05) is 0 Å². The number of aromatic nitrogens is 2. The Morgan fingerprint density at radius 2 is 2.22 bits per heavy atom. The van der Waals surface area contributed by atoms with Crippen molar-refractivity contribution in [2.45, 2.75) is 38.1 Å². The lowest BCUT2D eigenvalue weighted by molar-refractivity contribution is -0.142. The summed E-state index contributed by atoms with van der Waals surface area (Å²) in [6.45, 7) is 0.910. The SMILES string of the molecule is Cn1ccnc1CCNC1CCC(C(=O)O)CC1. The van der Waals surface area contributed by atoms with Crippen LogP contribution >= 0.6 is 0 Å². The van der Waals surface area contributed by atoms with Gasteiger partial charge in [-0.2, -0.15) is 0 Å². The number of rotatable bonds is 5. The molecule has 1 aromatic rings. The topological polar surface area (TPSA) is 67.2 Å². The van der Waals surface area contributed by atoms with Crippen LogP contribution in [0.1, 0.15) is 31.5 Å². The van der Waals surface area contributed by atoms with Gasteiger partial charge in [-0.25, -0.2) is 4.98 Å². The van der Waals surface area contributed by atoms with Crippen molar-refractivity contribution in [3.05, 3.63) is 18.2 Å². The third kappa shape index (κ3) is 3.32. The molecule has 0 spiro atoms. The van der Waals surface area contributed by atoms with Crippen LogP contribution < -0.4 is 5.32 Å². The lowest BCUT2D eigenvalue weighted by Crippen LogP contribution is -2.36. The maximum Gasteiger partial charge on any atom is 0.306 e. The summed E-state index contributed by atoms with van der Waals surface area (Å²) >= 11 is 0. The summed E-state index contributed by atoms with van der Waals surface area (Å²) in [5, 5.41) is 12.4. The smallest absolute Gasteiger partial charge is 0.306 e. The van der Waals surface area contributed by atoms with Crippen molar-refractivity contribution in [1.29, 1.82) is 0 Å². The number of carbonyl (C=O) groups is 1. The van der Waals surface area contributed by atoms with Crippen molar-refractivity contribution in [1.82, 2.24) is 14.9 Å². The predicted octanol–water partition coefficient (Wildman–Crippen LogP) is 1.20. The summed E-state index contributed by atoms with van der Waals surface area (Å²) in [5.41, 5.74) is 0. The van der Waals surface area contributed by atoms with E-state index in [1.54, 1.807) is 0 Å². The van der Waals surface area contributed by atoms with E-state index in [9.17, 15) is 4.79 Å². The van der Waals surface area contributed by atoms with Crippen LogP contribution in [-0.4, -0.2) is 33.2 Å². The van der Waals surface area contributed by atoms with Crippen molar-refractivity contribution >= 4 is 5.97 Å². The lowest BCUT2D eigenvalue weighted by atomic mass is 9.86. The van der Waals surface area contributed by atoms with Crippen LogP contribution in [-0.2, 0) is 18.3 Å². The quantitative estimate of drug-likeness (QED) is 0.825. The van der Waals surface area contributed by atoms with Crippen molar-refractivity contribution in [3.8, 4) is 0 Å². The van der Waals surface area contributed by atoms with E-state index in [4.69, 9.17) is 5.11 Å². The fourth-order valence-corrected chi connectivity index (χ4v) is 2.57. The summed E-state index contributed by atoms with van der Waals surface area (Å²) in [5.74, 6) is 0.320. The molecule has 18 heavy (non-hydrogen) atoms. The van der Waals surface area contributed by atoms with Crippen molar-refractivity contribution in [2.24, 2.45) is 13.0 Å². The summed E-state index contributed by atoms with van der Waals surface area (Å²) in [4.78, 5) is 15.1. The minimum atomic E-state index is -0.638. The molecule has 1 saturated carbocycles. The molecule has 1 heterocycles. The third-order valence-electron chi connectivity index (χ3n) is 3.78. The molecular formula is C13H21N3O2. The van der Waals surface area contributed by atoms with Crippen LogP contribution in [0, 0.1) is 5.92 Å². The van der Waals surface area contributed by atoms with Crippen LogP contribution in [0.25, 0.3) is 0 Å². The largest absolute Gasteiger partial charge is 0.481 e. The van der Waals surface area contributed by atoms with Gasteiger partial charge in [0.2, 0.25) is 0 Å². The van der Waals surface area contributed by atoms with E-state index in [0.29, 0.717) is 6.04 Å².